The fourth-order valence-electron chi connectivity index (χ4n) is 4.87. The molecule has 3 atom stereocenters. The van der Waals surface area contributed by atoms with Gasteiger partial charge in [-0.1, -0.05) is 26.7 Å². The molecule has 0 spiro atoms. The van der Waals surface area contributed by atoms with Crippen molar-refractivity contribution >= 4 is 27.0 Å². The molecule has 0 bridgehead atoms. The van der Waals surface area contributed by atoms with E-state index in [1.807, 2.05) is 0 Å². The fraction of sp³-hybridized carbons (Fsp3) is 0.636. The number of sulfonamides is 1. The van der Waals surface area contributed by atoms with Crippen molar-refractivity contribution in [2.24, 2.45) is 24.8 Å². The highest BCUT2D eigenvalue weighted by molar-refractivity contribution is 7.89. The molecule has 170 valence electrons. The quantitative estimate of drug-likeness (QED) is 0.773. The lowest BCUT2D eigenvalue weighted by molar-refractivity contribution is -0.127. The van der Waals surface area contributed by atoms with Gasteiger partial charge in [-0.25, -0.2) is 13.2 Å². The molecule has 1 aliphatic heterocycles. The van der Waals surface area contributed by atoms with Crippen LogP contribution in [0.1, 0.15) is 46.0 Å². The minimum Gasteiger partial charge on any atom is -0.408 e. The number of aromatic nitrogens is 1. The van der Waals surface area contributed by atoms with E-state index in [0.29, 0.717) is 43.3 Å². The van der Waals surface area contributed by atoms with Crippen molar-refractivity contribution in [3.8, 4) is 0 Å². The Morgan fingerprint density at radius 2 is 1.84 bits per heavy atom. The average Bonchev–Trinajstić information content (AvgIpc) is 3.04. The molecule has 2 fully saturated rings. The van der Waals surface area contributed by atoms with Gasteiger partial charge in [0.25, 0.3) is 0 Å². The van der Waals surface area contributed by atoms with E-state index in [0.717, 1.165) is 12.8 Å². The summed E-state index contributed by atoms with van der Waals surface area (Å²) in [5.74, 6) is 0.433. The van der Waals surface area contributed by atoms with Gasteiger partial charge in [0.15, 0.2) is 5.58 Å². The monoisotopic (exact) mass is 449 g/mol. The molecule has 1 amide bonds. The number of piperidine rings is 1. The van der Waals surface area contributed by atoms with E-state index < -0.39 is 15.8 Å². The first-order valence-corrected chi connectivity index (χ1v) is 12.5. The standard InChI is InChI=1S/C22H31N3O5S/c1-14-5-4-6-18(15(14)2)23-21(26)16-9-11-25(12-10-16)31(28,29)17-7-8-19-20(13-17)30-22(27)24(19)3/h7-8,13-16,18H,4-6,9-12H2,1-3H3,(H,23,26)/t14-,15-,18+/m1/s1. The molecule has 1 aliphatic carbocycles. The summed E-state index contributed by atoms with van der Waals surface area (Å²) in [6.45, 7) is 5.04. The number of aryl methyl sites for hydroxylation is 1. The van der Waals surface area contributed by atoms with Crippen molar-refractivity contribution in [1.29, 1.82) is 0 Å². The molecule has 31 heavy (non-hydrogen) atoms. The molecule has 2 aromatic rings. The first kappa shape index (κ1) is 22.1. The maximum Gasteiger partial charge on any atom is 0.419 e. The van der Waals surface area contributed by atoms with Crippen LogP contribution in [0.25, 0.3) is 11.1 Å². The summed E-state index contributed by atoms with van der Waals surface area (Å²) in [7, 11) is -2.14. The SMILES string of the molecule is C[C@@H]1[C@H](C)CCC[C@@H]1NC(=O)C1CCN(S(=O)(=O)c2ccc3c(c2)oc(=O)n3C)CC1. The Labute approximate surface area is 182 Å². The summed E-state index contributed by atoms with van der Waals surface area (Å²) >= 11 is 0. The first-order chi connectivity index (χ1) is 14.7. The van der Waals surface area contributed by atoms with Gasteiger partial charge in [0.2, 0.25) is 15.9 Å². The summed E-state index contributed by atoms with van der Waals surface area (Å²) < 4.78 is 34.1. The number of nitrogens with one attached hydrogen (secondary N) is 1. The molecule has 1 saturated carbocycles. The van der Waals surface area contributed by atoms with Crippen LogP contribution in [-0.2, 0) is 21.9 Å². The minimum absolute atomic E-state index is 0.0514. The van der Waals surface area contributed by atoms with Gasteiger partial charge in [0, 0.05) is 38.2 Å². The topological polar surface area (TPSA) is 102 Å². The van der Waals surface area contributed by atoms with Gasteiger partial charge in [-0.3, -0.25) is 9.36 Å². The highest BCUT2D eigenvalue weighted by atomic mass is 32.2. The van der Waals surface area contributed by atoms with Gasteiger partial charge >= 0.3 is 5.76 Å². The lowest BCUT2D eigenvalue weighted by atomic mass is 9.78. The van der Waals surface area contributed by atoms with Gasteiger partial charge in [-0.2, -0.15) is 4.31 Å². The van der Waals surface area contributed by atoms with Crippen LogP contribution in [0, 0.1) is 17.8 Å². The largest absolute Gasteiger partial charge is 0.419 e. The molecule has 1 aromatic heterocycles. The zero-order valence-electron chi connectivity index (χ0n) is 18.3. The van der Waals surface area contributed by atoms with E-state index in [1.165, 1.54) is 27.4 Å². The van der Waals surface area contributed by atoms with Gasteiger partial charge in [0.05, 0.1) is 10.4 Å². The number of oxazole rings is 1. The van der Waals surface area contributed by atoms with Gasteiger partial charge in [-0.15, -0.1) is 0 Å². The number of fused-ring (bicyclic) bond motifs is 1. The molecule has 1 saturated heterocycles. The van der Waals surface area contributed by atoms with Crippen molar-refractivity contribution in [1.82, 2.24) is 14.2 Å². The number of benzene rings is 1. The highest BCUT2D eigenvalue weighted by Crippen LogP contribution is 2.31. The second kappa shape index (κ2) is 8.43. The van der Waals surface area contributed by atoms with Gasteiger partial charge in [0.1, 0.15) is 0 Å². The van der Waals surface area contributed by atoms with Crippen molar-refractivity contribution in [2.45, 2.75) is 56.9 Å². The van der Waals surface area contributed by atoms with Crippen LogP contribution in [0.2, 0.25) is 0 Å². The lowest BCUT2D eigenvalue weighted by Gasteiger charge is -2.36. The van der Waals surface area contributed by atoms with E-state index in [2.05, 4.69) is 19.2 Å². The molecule has 1 N–H and O–H groups in total. The number of hydrogen-bond donors (Lipinski definition) is 1. The predicted molar refractivity (Wildman–Crippen MR) is 117 cm³/mol. The smallest absolute Gasteiger partial charge is 0.408 e. The Balaban J connectivity index is 1.41. The maximum atomic E-state index is 13.1. The summed E-state index contributed by atoms with van der Waals surface area (Å²) in [6.07, 6.45) is 4.37. The highest BCUT2D eigenvalue weighted by Gasteiger charge is 2.35. The summed E-state index contributed by atoms with van der Waals surface area (Å²) in [5, 5.41) is 3.23. The zero-order chi connectivity index (χ0) is 22.3. The Kier molecular flexibility index (Phi) is 6.00. The molecular formula is C22H31N3O5S. The normalized spacial score (nSPS) is 26.2. The summed E-state index contributed by atoms with van der Waals surface area (Å²) in [4.78, 5) is 24.6. The number of nitrogens with zero attached hydrogens (tertiary/aromatic N) is 2. The Hall–Kier alpha value is -2.13. The third kappa shape index (κ3) is 4.17. The Bertz CT molecular complexity index is 1130. The number of rotatable bonds is 4. The van der Waals surface area contributed by atoms with Crippen LogP contribution in [0.4, 0.5) is 0 Å². The van der Waals surface area contributed by atoms with E-state index in [9.17, 15) is 18.0 Å². The zero-order valence-corrected chi connectivity index (χ0v) is 19.2. The van der Waals surface area contributed by atoms with Crippen LogP contribution >= 0.6 is 0 Å². The Morgan fingerprint density at radius 3 is 2.55 bits per heavy atom. The molecule has 8 nitrogen and oxygen atoms in total. The average molecular weight is 450 g/mol. The summed E-state index contributed by atoms with van der Waals surface area (Å²) in [6, 6.07) is 4.69. The van der Waals surface area contributed by atoms with Crippen molar-refractivity contribution in [2.75, 3.05) is 13.1 Å². The van der Waals surface area contributed by atoms with E-state index in [-0.39, 0.29) is 28.3 Å². The number of amides is 1. The van der Waals surface area contributed by atoms with Crippen LogP contribution in [0.15, 0.2) is 32.3 Å². The molecule has 9 heteroatoms. The van der Waals surface area contributed by atoms with Crippen LogP contribution in [0.5, 0.6) is 0 Å². The molecule has 1 aromatic carbocycles. The maximum absolute atomic E-state index is 13.1. The van der Waals surface area contributed by atoms with Gasteiger partial charge in [-0.05, 0) is 43.2 Å². The molecule has 4 rings (SSSR count). The molecule has 0 radical (unpaired) electrons. The second-order valence-electron chi connectivity index (χ2n) is 9.12. The predicted octanol–water partition coefficient (Wildman–Crippen LogP) is 2.47. The fourth-order valence-corrected chi connectivity index (χ4v) is 6.35. The van der Waals surface area contributed by atoms with E-state index in [1.54, 1.807) is 13.1 Å². The molecule has 2 aliphatic rings. The van der Waals surface area contributed by atoms with E-state index >= 15 is 0 Å². The minimum atomic E-state index is -3.72. The lowest BCUT2D eigenvalue weighted by Crippen LogP contribution is -2.48. The molecular weight excluding hydrogens is 418 g/mol. The second-order valence-corrected chi connectivity index (χ2v) is 11.1. The third-order valence-corrected chi connectivity index (χ3v) is 9.16. The third-order valence-electron chi connectivity index (χ3n) is 7.26. The Morgan fingerprint density at radius 1 is 1.13 bits per heavy atom. The molecule has 2 heterocycles. The van der Waals surface area contributed by atoms with Crippen LogP contribution in [0.3, 0.4) is 0 Å². The van der Waals surface area contributed by atoms with Crippen molar-refractivity contribution in [3.63, 3.8) is 0 Å². The summed E-state index contributed by atoms with van der Waals surface area (Å²) in [5.41, 5.74) is 0.796. The number of hydrogen-bond acceptors (Lipinski definition) is 5. The van der Waals surface area contributed by atoms with Crippen molar-refractivity contribution in [3.05, 3.63) is 28.7 Å². The van der Waals surface area contributed by atoms with Crippen LogP contribution in [-0.4, -0.2) is 42.3 Å². The molecule has 0 unspecified atom stereocenters. The first-order valence-electron chi connectivity index (χ1n) is 11.1. The number of carbonyl (C=O) groups excluding carboxylic acids is 1. The van der Waals surface area contributed by atoms with Gasteiger partial charge < -0.3 is 9.73 Å². The van der Waals surface area contributed by atoms with Crippen LogP contribution < -0.4 is 11.1 Å². The number of carbonyl (C=O) groups is 1. The van der Waals surface area contributed by atoms with E-state index in [4.69, 9.17) is 4.42 Å². The van der Waals surface area contributed by atoms with Crippen molar-refractivity contribution < 1.29 is 17.6 Å².